The number of aliphatic hydroxyl groups excluding tert-OH is 1. The Morgan fingerprint density at radius 3 is 2.43 bits per heavy atom. The third kappa shape index (κ3) is 4.19. The number of piperazine rings is 1. The molecule has 0 spiro atoms. The Kier molecular flexibility index (Phi) is 5.62. The first-order chi connectivity index (χ1) is 13.6. The molecular weight excluding hydrogens is 352 g/mol. The van der Waals surface area contributed by atoms with Gasteiger partial charge in [-0.05, 0) is 38.4 Å². The standard InChI is InChI=1S/C22H28N4O2/c1-24(2)15-17(27)16-25-11-13-26(14-12-25)22-18-7-3-5-9-20(18)28-21-10-6-4-8-19(21)23-22/h3-10,17,27H,11-16H2,1-2H3. The summed E-state index contributed by atoms with van der Waals surface area (Å²) in [4.78, 5) is 11.7. The predicted octanol–water partition coefficient (Wildman–Crippen LogP) is 2.41. The molecule has 6 nitrogen and oxygen atoms in total. The van der Waals surface area contributed by atoms with Crippen molar-refractivity contribution in [2.24, 2.45) is 4.99 Å². The highest BCUT2D eigenvalue weighted by atomic mass is 16.5. The highest BCUT2D eigenvalue weighted by Gasteiger charge is 2.26. The third-order valence-corrected chi connectivity index (χ3v) is 5.16. The van der Waals surface area contributed by atoms with Crippen LogP contribution in [0.25, 0.3) is 0 Å². The molecule has 2 aliphatic rings. The lowest BCUT2D eigenvalue weighted by Gasteiger charge is -2.37. The lowest BCUT2D eigenvalue weighted by molar-refractivity contribution is 0.0722. The number of likely N-dealkylation sites (N-methyl/N-ethyl adjacent to an activating group) is 1. The number of para-hydroxylation sites is 3. The van der Waals surface area contributed by atoms with Crippen LogP contribution in [-0.4, -0.2) is 85.1 Å². The van der Waals surface area contributed by atoms with Gasteiger partial charge < -0.3 is 19.6 Å². The zero-order valence-corrected chi connectivity index (χ0v) is 16.6. The molecule has 0 saturated carbocycles. The van der Waals surface area contributed by atoms with Gasteiger partial charge in [0.15, 0.2) is 5.75 Å². The maximum absolute atomic E-state index is 10.2. The summed E-state index contributed by atoms with van der Waals surface area (Å²) in [5.41, 5.74) is 1.89. The summed E-state index contributed by atoms with van der Waals surface area (Å²) >= 11 is 0. The van der Waals surface area contributed by atoms with E-state index < -0.39 is 0 Å². The van der Waals surface area contributed by atoms with E-state index in [2.05, 4.69) is 15.9 Å². The van der Waals surface area contributed by atoms with Crippen molar-refractivity contribution in [2.75, 3.05) is 53.4 Å². The van der Waals surface area contributed by atoms with Crippen LogP contribution in [-0.2, 0) is 0 Å². The molecule has 148 valence electrons. The number of hydrogen-bond acceptors (Lipinski definition) is 6. The zero-order chi connectivity index (χ0) is 19.5. The fourth-order valence-corrected chi connectivity index (χ4v) is 3.83. The second kappa shape index (κ2) is 8.31. The first-order valence-electron chi connectivity index (χ1n) is 9.85. The van der Waals surface area contributed by atoms with Crippen LogP contribution in [0.3, 0.4) is 0 Å². The van der Waals surface area contributed by atoms with E-state index in [1.807, 2.05) is 61.5 Å². The SMILES string of the molecule is CN(C)CC(O)CN1CCN(C2=Nc3ccccc3Oc3ccccc32)CC1. The Labute approximate surface area is 166 Å². The lowest BCUT2D eigenvalue weighted by Crippen LogP contribution is -2.51. The van der Waals surface area contributed by atoms with Gasteiger partial charge in [-0.1, -0.05) is 24.3 Å². The van der Waals surface area contributed by atoms with Crippen LogP contribution >= 0.6 is 0 Å². The van der Waals surface area contributed by atoms with Crippen molar-refractivity contribution in [1.82, 2.24) is 14.7 Å². The molecule has 0 radical (unpaired) electrons. The van der Waals surface area contributed by atoms with Crippen LogP contribution in [0.1, 0.15) is 5.56 Å². The Morgan fingerprint density at radius 2 is 1.68 bits per heavy atom. The van der Waals surface area contributed by atoms with Gasteiger partial charge in [-0.25, -0.2) is 4.99 Å². The molecule has 1 atom stereocenters. The van der Waals surface area contributed by atoms with Gasteiger partial charge in [0.05, 0.1) is 11.7 Å². The van der Waals surface area contributed by atoms with Crippen molar-refractivity contribution in [3.63, 3.8) is 0 Å². The molecule has 1 saturated heterocycles. The third-order valence-electron chi connectivity index (χ3n) is 5.16. The number of aliphatic hydroxyl groups is 1. The molecule has 1 N–H and O–H groups in total. The van der Waals surface area contributed by atoms with E-state index in [0.29, 0.717) is 13.1 Å². The second-order valence-corrected chi connectivity index (χ2v) is 7.71. The van der Waals surface area contributed by atoms with Crippen LogP contribution in [0.4, 0.5) is 5.69 Å². The zero-order valence-electron chi connectivity index (χ0n) is 16.6. The van der Waals surface area contributed by atoms with Gasteiger partial charge in [0.2, 0.25) is 0 Å². The number of hydrogen-bond donors (Lipinski definition) is 1. The summed E-state index contributed by atoms with van der Waals surface area (Å²) in [6.45, 7) is 4.98. The van der Waals surface area contributed by atoms with Gasteiger partial charge in [-0.15, -0.1) is 0 Å². The first-order valence-corrected chi connectivity index (χ1v) is 9.85. The molecule has 4 rings (SSSR count). The van der Waals surface area contributed by atoms with Crippen molar-refractivity contribution < 1.29 is 9.84 Å². The molecule has 2 aromatic rings. The van der Waals surface area contributed by atoms with Gasteiger partial charge in [-0.3, -0.25) is 4.90 Å². The summed E-state index contributed by atoms with van der Waals surface area (Å²) < 4.78 is 6.14. The van der Waals surface area contributed by atoms with Crippen molar-refractivity contribution in [2.45, 2.75) is 6.10 Å². The Hall–Kier alpha value is -2.41. The van der Waals surface area contributed by atoms with Gasteiger partial charge >= 0.3 is 0 Å². The monoisotopic (exact) mass is 380 g/mol. The number of benzene rings is 2. The average Bonchev–Trinajstić information content (AvgIpc) is 2.84. The number of aliphatic imine (C=N–C) groups is 1. The van der Waals surface area contributed by atoms with Crippen LogP contribution in [0.5, 0.6) is 11.5 Å². The number of fused-ring (bicyclic) bond motifs is 2. The Balaban J connectivity index is 1.52. The van der Waals surface area contributed by atoms with E-state index in [0.717, 1.165) is 54.8 Å². The number of nitrogens with zero attached hydrogens (tertiary/aromatic N) is 4. The molecule has 6 heteroatoms. The van der Waals surface area contributed by atoms with Gasteiger partial charge in [0.25, 0.3) is 0 Å². The number of β-amino-alcohol motifs (C(OH)–C–C–N with tert-alkyl or cyclic N) is 1. The van der Waals surface area contributed by atoms with E-state index in [-0.39, 0.29) is 6.10 Å². The maximum Gasteiger partial charge on any atom is 0.153 e. The second-order valence-electron chi connectivity index (χ2n) is 7.71. The molecule has 0 bridgehead atoms. The molecule has 0 aromatic heterocycles. The highest BCUT2D eigenvalue weighted by Crippen LogP contribution is 2.37. The first kappa shape index (κ1) is 18.9. The quantitative estimate of drug-likeness (QED) is 0.883. The van der Waals surface area contributed by atoms with E-state index in [9.17, 15) is 5.11 Å². The molecule has 2 heterocycles. The minimum atomic E-state index is -0.322. The van der Waals surface area contributed by atoms with E-state index in [1.54, 1.807) is 0 Å². The number of amidine groups is 1. The van der Waals surface area contributed by atoms with E-state index in [4.69, 9.17) is 9.73 Å². The van der Waals surface area contributed by atoms with Crippen molar-refractivity contribution in [1.29, 1.82) is 0 Å². The van der Waals surface area contributed by atoms with Gasteiger partial charge in [0, 0.05) is 39.3 Å². The summed E-state index contributed by atoms with van der Waals surface area (Å²) in [5.74, 6) is 2.60. The Bertz CT molecular complexity index is 844. The van der Waals surface area contributed by atoms with Gasteiger partial charge in [0.1, 0.15) is 17.3 Å². The minimum absolute atomic E-state index is 0.322. The fourth-order valence-electron chi connectivity index (χ4n) is 3.83. The van der Waals surface area contributed by atoms with E-state index in [1.165, 1.54) is 0 Å². The molecule has 2 aliphatic heterocycles. The smallest absolute Gasteiger partial charge is 0.153 e. The molecule has 2 aromatic carbocycles. The normalized spacial score (nSPS) is 18.0. The van der Waals surface area contributed by atoms with Crippen LogP contribution in [0, 0.1) is 0 Å². The molecule has 1 unspecified atom stereocenters. The average molecular weight is 380 g/mol. The minimum Gasteiger partial charge on any atom is -0.454 e. The lowest BCUT2D eigenvalue weighted by atomic mass is 10.1. The summed E-state index contributed by atoms with van der Waals surface area (Å²) in [5, 5.41) is 10.2. The van der Waals surface area contributed by atoms with Gasteiger partial charge in [-0.2, -0.15) is 0 Å². The largest absolute Gasteiger partial charge is 0.454 e. The van der Waals surface area contributed by atoms with Crippen molar-refractivity contribution in [3.8, 4) is 11.5 Å². The van der Waals surface area contributed by atoms with Crippen LogP contribution in [0.15, 0.2) is 53.5 Å². The van der Waals surface area contributed by atoms with Crippen LogP contribution < -0.4 is 4.74 Å². The molecular formula is C22H28N4O2. The Morgan fingerprint density at radius 1 is 1.00 bits per heavy atom. The summed E-state index contributed by atoms with van der Waals surface area (Å²) in [6, 6.07) is 16.0. The molecule has 0 aliphatic carbocycles. The number of ether oxygens (including phenoxy) is 1. The highest BCUT2D eigenvalue weighted by molar-refractivity contribution is 6.03. The molecule has 28 heavy (non-hydrogen) atoms. The summed E-state index contributed by atoms with van der Waals surface area (Å²) in [6.07, 6.45) is -0.322. The predicted molar refractivity (Wildman–Crippen MR) is 112 cm³/mol. The summed E-state index contributed by atoms with van der Waals surface area (Å²) in [7, 11) is 3.98. The number of rotatable bonds is 4. The molecule has 1 fully saturated rings. The fraction of sp³-hybridized carbons (Fsp3) is 0.409. The maximum atomic E-state index is 10.2. The molecule has 0 amide bonds. The van der Waals surface area contributed by atoms with Crippen molar-refractivity contribution >= 4 is 11.5 Å². The van der Waals surface area contributed by atoms with E-state index >= 15 is 0 Å². The van der Waals surface area contributed by atoms with Crippen LogP contribution in [0.2, 0.25) is 0 Å². The van der Waals surface area contributed by atoms with Crippen molar-refractivity contribution in [3.05, 3.63) is 54.1 Å². The topological polar surface area (TPSA) is 51.5 Å².